The number of piperidine rings is 1. The minimum atomic E-state index is 0.0439. The summed E-state index contributed by atoms with van der Waals surface area (Å²) in [6.07, 6.45) is 6.18. The van der Waals surface area contributed by atoms with Crippen LogP contribution in [0.4, 0.5) is 0 Å². The summed E-state index contributed by atoms with van der Waals surface area (Å²) in [5, 5.41) is 12.1. The maximum atomic E-state index is 12.9. The van der Waals surface area contributed by atoms with Crippen LogP contribution in [0.15, 0.2) is 48.8 Å². The maximum absolute atomic E-state index is 12.9. The lowest BCUT2D eigenvalue weighted by molar-refractivity contribution is -0.133. The van der Waals surface area contributed by atoms with Gasteiger partial charge in [0.2, 0.25) is 5.91 Å². The standard InChI is InChI=1S/C23H27N7O2/c31-23(29-12-8-20(9-13-29)32-21-6-3-10-24-14-21)17-30-22(25-26-27-30)16-28-11-7-18-4-1-2-5-19(18)15-28/h1-6,10,14,20H,7-9,11-13,15-17H2. The molecule has 1 fully saturated rings. The van der Waals surface area contributed by atoms with Crippen molar-refractivity contribution in [1.82, 2.24) is 35.0 Å². The summed E-state index contributed by atoms with van der Waals surface area (Å²) < 4.78 is 7.61. The average molecular weight is 434 g/mol. The predicted molar refractivity (Wildman–Crippen MR) is 117 cm³/mol. The first-order chi connectivity index (χ1) is 15.7. The number of hydrogen-bond donors (Lipinski definition) is 0. The van der Waals surface area contributed by atoms with E-state index in [2.05, 4.69) is 49.7 Å². The zero-order chi connectivity index (χ0) is 21.8. The Morgan fingerprint density at radius 2 is 1.91 bits per heavy atom. The second-order valence-corrected chi connectivity index (χ2v) is 8.37. The van der Waals surface area contributed by atoms with Gasteiger partial charge in [-0.3, -0.25) is 14.7 Å². The van der Waals surface area contributed by atoms with Gasteiger partial charge in [-0.1, -0.05) is 24.3 Å². The van der Waals surface area contributed by atoms with E-state index in [0.29, 0.717) is 19.6 Å². The number of likely N-dealkylation sites (tertiary alicyclic amines) is 1. The molecule has 0 N–H and O–H groups in total. The minimum Gasteiger partial charge on any atom is -0.489 e. The zero-order valence-electron chi connectivity index (χ0n) is 18.0. The van der Waals surface area contributed by atoms with Gasteiger partial charge < -0.3 is 9.64 Å². The van der Waals surface area contributed by atoms with Gasteiger partial charge in [-0.2, -0.15) is 0 Å². The summed E-state index contributed by atoms with van der Waals surface area (Å²) in [7, 11) is 0. The van der Waals surface area contributed by atoms with E-state index in [1.165, 1.54) is 11.1 Å². The fraction of sp³-hybridized carbons (Fsp3) is 0.435. The first-order valence-electron chi connectivity index (χ1n) is 11.1. The fourth-order valence-electron chi connectivity index (χ4n) is 4.41. The van der Waals surface area contributed by atoms with Crippen LogP contribution in [-0.4, -0.2) is 66.6 Å². The van der Waals surface area contributed by atoms with Crippen LogP contribution in [0, 0.1) is 0 Å². The number of carbonyl (C=O) groups excluding carboxylic acids is 1. The van der Waals surface area contributed by atoms with Gasteiger partial charge in [0, 0.05) is 45.2 Å². The molecule has 1 aromatic carbocycles. The van der Waals surface area contributed by atoms with E-state index in [1.54, 1.807) is 17.1 Å². The topological polar surface area (TPSA) is 89.3 Å². The number of benzene rings is 1. The van der Waals surface area contributed by atoms with E-state index in [0.717, 1.165) is 43.9 Å². The number of rotatable bonds is 6. The summed E-state index contributed by atoms with van der Waals surface area (Å²) >= 11 is 0. The Hall–Kier alpha value is -3.33. The second kappa shape index (κ2) is 9.44. The highest BCUT2D eigenvalue weighted by Crippen LogP contribution is 2.20. The molecule has 2 aliphatic rings. The van der Waals surface area contributed by atoms with E-state index < -0.39 is 0 Å². The van der Waals surface area contributed by atoms with Crippen molar-refractivity contribution in [3.8, 4) is 5.75 Å². The molecule has 0 atom stereocenters. The van der Waals surface area contributed by atoms with Crippen molar-refractivity contribution in [3.05, 3.63) is 65.7 Å². The van der Waals surface area contributed by atoms with Gasteiger partial charge in [-0.05, 0) is 40.1 Å². The summed E-state index contributed by atoms with van der Waals surface area (Å²) in [6.45, 7) is 3.98. The normalized spacial score (nSPS) is 17.2. The Morgan fingerprint density at radius 1 is 1.06 bits per heavy atom. The molecule has 166 valence electrons. The van der Waals surface area contributed by atoms with Gasteiger partial charge in [0.25, 0.3) is 0 Å². The number of pyridine rings is 1. The number of fused-ring (bicyclic) bond motifs is 1. The first kappa shape index (κ1) is 20.6. The van der Waals surface area contributed by atoms with Crippen LogP contribution in [0.5, 0.6) is 5.75 Å². The molecule has 9 nitrogen and oxygen atoms in total. The lowest BCUT2D eigenvalue weighted by Crippen LogP contribution is -2.43. The molecule has 5 rings (SSSR count). The monoisotopic (exact) mass is 433 g/mol. The smallest absolute Gasteiger partial charge is 0.244 e. The van der Waals surface area contributed by atoms with Crippen molar-refractivity contribution in [1.29, 1.82) is 0 Å². The van der Waals surface area contributed by atoms with E-state index in [9.17, 15) is 4.79 Å². The molecule has 1 amide bonds. The molecule has 2 aliphatic heterocycles. The lowest BCUT2D eigenvalue weighted by atomic mass is 10.00. The number of tetrazole rings is 1. The molecule has 1 saturated heterocycles. The van der Waals surface area contributed by atoms with Crippen molar-refractivity contribution in [3.63, 3.8) is 0 Å². The molecular formula is C23H27N7O2. The SMILES string of the molecule is O=C(Cn1nnnc1CN1CCc2ccccc2C1)N1CCC(Oc2cccnc2)CC1. The van der Waals surface area contributed by atoms with Gasteiger partial charge in [-0.15, -0.1) is 5.10 Å². The number of nitrogens with zero attached hydrogens (tertiary/aromatic N) is 7. The Bertz CT molecular complexity index is 1050. The largest absolute Gasteiger partial charge is 0.489 e. The Labute approximate surface area is 187 Å². The number of carbonyl (C=O) groups is 1. The summed E-state index contributed by atoms with van der Waals surface area (Å²) in [5.41, 5.74) is 2.76. The molecule has 0 bridgehead atoms. The second-order valence-electron chi connectivity index (χ2n) is 8.37. The van der Waals surface area contributed by atoms with Crippen LogP contribution in [-0.2, 0) is 30.8 Å². The molecule has 0 aliphatic carbocycles. The number of ether oxygens (including phenoxy) is 1. The highest BCUT2D eigenvalue weighted by Gasteiger charge is 2.25. The van der Waals surface area contributed by atoms with E-state index >= 15 is 0 Å². The molecule has 0 radical (unpaired) electrons. The molecule has 3 aromatic rings. The molecule has 0 unspecified atom stereocenters. The van der Waals surface area contributed by atoms with Crippen molar-refractivity contribution in [2.75, 3.05) is 19.6 Å². The van der Waals surface area contributed by atoms with Gasteiger partial charge >= 0.3 is 0 Å². The molecule has 0 saturated carbocycles. The van der Waals surface area contributed by atoms with Gasteiger partial charge in [0.1, 0.15) is 18.4 Å². The van der Waals surface area contributed by atoms with Crippen molar-refractivity contribution < 1.29 is 9.53 Å². The molecule has 4 heterocycles. The van der Waals surface area contributed by atoms with Crippen LogP contribution in [0.25, 0.3) is 0 Å². The molecule has 0 spiro atoms. The van der Waals surface area contributed by atoms with E-state index in [4.69, 9.17) is 4.74 Å². The summed E-state index contributed by atoms with van der Waals surface area (Å²) in [5.74, 6) is 1.55. The third kappa shape index (κ3) is 4.77. The van der Waals surface area contributed by atoms with E-state index in [-0.39, 0.29) is 18.6 Å². The molecular weight excluding hydrogens is 406 g/mol. The molecule has 32 heavy (non-hydrogen) atoms. The third-order valence-corrected chi connectivity index (χ3v) is 6.20. The van der Waals surface area contributed by atoms with E-state index in [1.807, 2.05) is 17.0 Å². The highest BCUT2D eigenvalue weighted by molar-refractivity contribution is 5.76. The highest BCUT2D eigenvalue weighted by atomic mass is 16.5. The Kier molecular flexibility index (Phi) is 6.06. The van der Waals surface area contributed by atoms with Crippen molar-refractivity contribution in [2.45, 2.75) is 45.0 Å². The van der Waals surface area contributed by atoms with Crippen LogP contribution in [0.2, 0.25) is 0 Å². The number of aromatic nitrogens is 5. The maximum Gasteiger partial charge on any atom is 0.244 e. The average Bonchev–Trinajstić information content (AvgIpc) is 3.26. The lowest BCUT2D eigenvalue weighted by Gasteiger charge is -2.32. The summed E-state index contributed by atoms with van der Waals surface area (Å²) in [4.78, 5) is 21.2. The number of amides is 1. The predicted octanol–water partition coefficient (Wildman–Crippen LogP) is 1.70. The van der Waals surface area contributed by atoms with Crippen LogP contribution in [0.1, 0.15) is 29.8 Å². The van der Waals surface area contributed by atoms with Crippen LogP contribution < -0.4 is 4.74 Å². The minimum absolute atomic E-state index is 0.0439. The van der Waals surface area contributed by atoms with Gasteiger partial charge in [0.15, 0.2) is 5.82 Å². The zero-order valence-corrected chi connectivity index (χ0v) is 18.0. The number of hydrogen-bond acceptors (Lipinski definition) is 7. The molecule has 9 heteroatoms. The van der Waals surface area contributed by atoms with Gasteiger partial charge in [-0.25, -0.2) is 4.68 Å². The fourth-order valence-corrected chi connectivity index (χ4v) is 4.41. The van der Waals surface area contributed by atoms with Crippen molar-refractivity contribution in [2.24, 2.45) is 0 Å². The third-order valence-electron chi connectivity index (χ3n) is 6.20. The van der Waals surface area contributed by atoms with Crippen molar-refractivity contribution >= 4 is 5.91 Å². The molecule has 2 aromatic heterocycles. The van der Waals surface area contributed by atoms with Gasteiger partial charge in [0.05, 0.1) is 12.7 Å². The van der Waals surface area contributed by atoms with Crippen LogP contribution >= 0.6 is 0 Å². The summed E-state index contributed by atoms with van der Waals surface area (Å²) in [6, 6.07) is 12.3. The quantitative estimate of drug-likeness (QED) is 0.584. The first-order valence-corrected chi connectivity index (χ1v) is 11.1. The Morgan fingerprint density at radius 3 is 2.72 bits per heavy atom. The Balaban J connectivity index is 1.13. The van der Waals surface area contributed by atoms with Crippen LogP contribution in [0.3, 0.4) is 0 Å².